The Kier molecular flexibility index (Phi) is 4.97. The number of morpholine rings is 1. The highest BCUT2D eigenvalue weighted by atomic mass is 32.1. The molecule has 1 saturated heterocycles. The zero-order chi connectivity index (χ0) is 20.0. The van der Waals surface area contributed by atoms with Gasteiger partial charge in [0.25, 0.3) is 0 Å². The number of thiophene rings is 1. The van der Waals surface area contributed by atoms with Crippen LogP contribution in [-0.2, 0) is 17.7 Å². The van der Waals surface area contributed by atoms with Crippen molar-refractivity contribution in [3.05, 3.63) is 51.4 Å². The Morgan fingerprint density at radius 3 is 2.90 bits per heavy atom. The molecule has 1 aliphatic heterocycles. The van der Waals surface area contributed by atoms with Gasteiger partial charge in [-0.2, -0.15) is 0 Å². The van der Waals surface area contributed by atoms with Crippen LogP contribution in [0.15, 0.2) is 18.2 Å². The summed E-state index contributed by atoms with van der Waals surface area (Å²) in [5.41, 5.74) is 3.50. The molecular formula is C22H25FN4OS. The Morgan fingerprint density at radius 2 is 2.07 bits per heavy atom. The van der Waals surface area contributed by atoms with Crippen molar-refractivity contribution < 1.29 is 9.13 Å². The molecule has 5 rings (SSSR count). The second-order valence-electron chi connectivity index (χ2n) is 7.92. The predicted molar refractivity (Wildman–Crippen MR) is 114 cm³/mol. The first-order valence-corrected chi connectivity index (χ1v) is 11.0. The van der Waals surface area contributed by atoms with Gasteiger partial charge in [-0.15, -0.1) is 11.3 Å². The molecule has 1 atom stereocenters. The van der Waals surface area contributed by atoms with Crippen LogP contribution >= 0.6 is 11.3 Å². The highest BCUT2D eigenvalue weighted by Crippen LogP contribution is 2.38. The van der Waals surface area contributed by atoms with E-state index in [0.717, 1.165) is 73.1 Å². The van der Waals surface area contributed by atoms with Crippen molar-refractivity contribution in [2.24, 2.45) is 0 Å². The Bertz CT molecular complexity index is 1060. The van der Waals surface area contributed by atoms with Crippen molar-refractivity contribution in [1.82, 2.24) is 14.9 Å². The molecule has 0 spiro atoms. The smallest absolute Gasteiger partial charge is 0.146 e. The lowest BCUT2D eigenvalue weighted by molar-refractivity contribution is 0.0331. The summed E-state index contributed by atoms with van der Waals surface area (Å²) in [5.74, 6) is 1.53. The number of halogens is 1. The van der Waals surface area contributed by atoms with Crippen LogP contribution in [0.2, 0.25) is 0 Å². The van der Waals surface area contributed by atoms with Crippen LogP contribution in [0.4, 0.5) is 10.2 Å². The van der Waals surface area contributed by atoms with Crippen LogP contribution in [0.5, 0.6) is 0 Å². The van der Waals surface area contributed by atoms with E-state index < -0.39 is 0 Å². The number of fused-ring (bicyclic) bond motifs is 2. The van der Waals surface area contributed by atoms with E-state index in [9.17, 15) is 4.39 Å². The number of hydrogen-bond acceptors (Lipinski definition) is 6. The largest absolute Gasteiger partial charge is 0.379 e. The summed E-state index contributed by atoms with van der Waals surface area (Å²) in [5, 5.41) is 4.74. The van der Waals surface area contributed by atoms with Crippen LogP contribution in [0.25, 0.3) is 10.2 Å². The van der Waals surface area contributed by atoms with Gasteiger partial charge in [-0.3, -0.25) is 4.90 Å². The molecule has 5 nitrogen and oxygen atoms in total. The summed E-state index contributed by atoms with van der Waals surface area (Å²) in [7, 11) is 0. The summed E-state index contributed by atoms with van der Waals surface area (Å²) in [6, 6.07) is 5.20. The van der Waals surface area contributed by atoms with E-state index in [1.807, 2.05) is 6.07 Å². The molecule has 1 aromatic carbocycles. The summed E-state index contributed by atoms with van der Waals surface area (Å²) < 4.78 is 19.3. The molecule has 3 aromatic rings. The number of benzene rings is 1. The molecule has 1 unspecified atom stereocenters. The van der Waals surface area contributed by atoms with Crippen molar-refractivity contribution >= 4 is 27.4 Å². The third-order valence-corrected chi connectivity index (χ3v) is 7.14. The molecule has 1 N–H and O–H groups in total. The average molecular weight is 413 g/mol. The summed E-state index contributed by atoms with van der Waals surface area (Å²) in [6.45, 7) is 8.31. The van der Waals surface area contributed by atoms with Gasteiger partial charge in [-0.1, -0.05) is 6.07 Å². The second-order valence-corrected chi connectivity index (χ2v) is 9.12. The van der Waals surface area contributed by atoms with Gasteiger partial charge in [0, 0.05) is 18.0 Å². The fourth-order valence-electron chi connectivity index (χ4n) is 4.32. The molecular weight excluding hydrogens is 387 g/mol. The predicted octanol–water partition coefficient (Wildman–Crippen LogP) is 4.38. The van der Waals surface area contributed by atoms with E-state index in [1.54, 1.807) is 23.5 Å². The molecule has 2 aromatic heterocycles. The highest BCUT2D eigenvalue weighted by Gasteiger charge is 2.25. The van der Waals surface area contributed by atoms with E-state index in [0.29, 0.717) is 0 Å². The van der Waals surface area contributed by atoms with Gasteiger partial charge in [0.1, 0.15) is 22.3 Å². The molecule has 7 heteroatoms. The number of nitrogens with one attached hydrogen (secondary N) is 1. The quantitative estimate of drug-likeness (QED) is 0.689. The first kappa shape index (κ1) is 18.9. The van der Waals surface area contributed by atoms with E-state index >= 15 is 0 Å². The van der Waals surface area contributed by atoms with E-state index in [4.69, 9.17) is 14.7 Å². The van der Waals surface area contributed by atoms with Crippen LogP contribution in [-0.4, -0.2) is 41.2 Å². The zero-order valence-corrected chi connectivity index (χ0v) is 17.6. The van der Waals surface area contributed by atoms with Gasteiger partial charge in [-0.25, -0.2) is 14.4 Å². The van der Waals surface area contributed by atoms with Crippen molar-refractivity contribution in [2.45, 2.75) is 39.3 Å². The summed E-state index contributed by atoms with van der Waals surface area (Å²) in [6.07, 6.45) is 1.91. The van der Waals surface area contributed by atoms with Crippen LogP contribution in [0, 0.1) is 19.7 Å². The first-order valence-electron chi connectivity index (χ1n) is 10.2. The lowest BCUT2D eigenvalue weighted by Gasteiger charge is -2.26. The topological polar surface area (TPSA) is 50.3 Å². The fraction of sp³-hybridized carbons (Fsp3) is 0.455. The molecule has 2 aliphatic rings. The van der Waals surface area contributed by atoms with Gasteiger partial charge in [0.05, 0.1) is 31.2 Å². The minimum absolute atomic E-state index is 0.0784. The fourth-order valence-corrected chi connectivity index (χ4v) is 5.36. The number of ether oxygens (including phenoxy) is 1. The number of aryl methyl sites for hydroxylation is 3. The van der Waals surface area contributed by atoms with Gasteiger partial charge in [-0.05, 0) is 55.5 Å². The van der Waals surface area contributed by atoms with Crippen LogP contribution < -0.4 is 5.32 Å². The highest BCUT2D eigenvalue weighted by molar-refractivity contribution is 7.18. The Balaban J connectivity index is 1.51. The number of anilines is 1. The molecule has 0 saturated carbocycles. The summed E-state index contributed by atoms with van der Waals surface area (Å²) >= 11 is 1.72. The lowest BCUT2D eigenvalue weighted by atomic mass is 10.1. The average Bonchev–Trinajstić information content (AvgIpc) is 3.23. The minimum atomic E-state index is -0.180. The Labute approximate surface area is 173 Å². The lowest BCUT2D eigenvalue weighted by Crippen LogP contribution is -2.36. The van der Waals surface area contributed by atoms with Crippen molar-refractivity contribution in [2.75, 3.05) is 31.6 Å². The Morgan fingerprint density at radius 1 is 1.24 bits per heavy atom. The molecule has 1 fully saturated rings. The van der Waals surface area contributed by atoms with Gasteiger partial charge in [0.15, 0.2) is 0 Å². The van der Waals surface area contributed by atoms with Gasteiger partial charge >= 0.3 is 0 Å². The third-order valence-electron chi connectivity index (χ3n) is 6.04. The van der Waals surface area contributed by atoms with Gasteiger partial charge in [0.2, 0.25) is 0 Å². The minimum Gasteiger partial charge on any atom is -0.379 e. The summed E-state index contributed by atoms with van der Waals surface area (Å²) in [4.78, 5) is 14.4. The van der Waals surface area contributed by atoms with Gasteiger partial charge < -0.3 is 10.1 Å². The third kappa shape index (κ3) is 3.63. The van der Waals surface area contributed by atoms with E-state index in [2.05, 4.69) is 24.1 Å². The maximum Gasteiger partial charge on any atom is 0.146 e. The van der Waals surface area contributed by atoms with Crippen molar-refractivity contribution in [3.8, 4) is 0 Å². The molecule has 0 bridgehead atoms. The molecule has 0 radical (unpaired) electrons. The molecule has 29 heavy (non-hydrogen) atoms. The van der Waals surface area contributed by atoms with E-state index in [1.165, 1.54) is 16.0 Å². The number of nitrogens with zero attached hydrogens (tertiary/aromatic N) is 3. The first-order chi connectivity index (χ1) is 14.1. The molecule has 152 valence electrons. The number of aromatic nitrogens is 2. The van der Waals surface area contributed by atoms with Crippen LogP contribution in [0.1, 0.15) is 39.9 Å². The van der Waals surface area contributed by atoms with E-state index in [-0.39, 0.29) is 11.9 Å². The van der Waals surface area contributed by atoms with Crippen molar-refractivity contribution in [1.29, 1.82) is 0 Å². The molecule has 0 amide bonds. The SMILES string of the molecule is Cc1sc2nc(CN3CCOCC3)nc(NC3CCc4ccc(F)cc43)c2c1C. The standard InChI is InChI=1S/C22H25FN4OS/c1-13-14(2)29-22-20(13)21(25-19(26-22)12-27-7-9-28-10-8-27)24-18-6-4-15-3-5-16(23)11-17(15)18/h3,5,11,18H,4,6-10,12H2,1-2H3,(H,24,25,26). The van der Waals surface area contributed by atoms with Crippen molar-refractivity contribution in [3.63, 3.8) is 0 Å². The Hall–Kier alpha value is -2.09. The molecule has 1 aliphatic carbocycles. The molecule has 3 heterocycles. The second kappa shape index (κ2) is 7.63. The maximum absolute atomic E-state index is 13.9. The maximum atomic E-state index is 13.9. The number of rotatable bonds is 4. The zero-order valence-electron chi connectivity index (χ0n) is 16.8. The number of hydrogen-bond donors (Lipinski definition) is 1. The monoisotopic (exact) mass is 412 g/mol. The van der Waals surface area contributed by atoms with Crippen LogP contribution in [0.3, 0.4) is 0 Å². The normalized spacial score (nSPS) is 19.6.